The Bertz CT molecular complexity index is 1510. The number of aliphatic hydroxyl groups is 2. The predicted molar refractivity (Wildman–Crippen MR) is 162 cm³/mol. The van der Waals surface area contributed by atoms with E-state index in [1.54, 1.807) is 36.5 Å². The molecule has 8 atom stereocenters. The molecule has 0 radical (unpaired) electrons. The highest BCUT2D eigenvalue weighted by molar-refractivity contribution is 5.96. The van der Waals surface area contributed by atoms with Crippen LogP contribution in [0.3, 0.4) is 0 Å². The number of carbonyl (C=O) groups excluding carboxylic acids is 4. The van der Waals surface area contributed by atoms with Crippen LogP contribution in [0.15, 0.2) is 60.8 Å². The lowest BCUT2D eigenvalue weighted by atomic mass is 9.92. The molecule has 3 aromatic rings. The molecule has 2 fully saturated rings. The smallest absolute Gasteiger partial charge is 0.243 e. The summed E-state index contributed by atoms with van der Waals surface area (Å²) >= 11 is 0. The van der Waals surface area contributed by atoms with Crippen LogP contribution in [0.1, 0.15) is 43.4 Å². The van der Waals surface area contributed by atoms with Crippen LogP contribution in [0, 0.1) is 11.8 Å². The number of aromatic amines is 1. The molecule has 1 saturated carbocycles. The van der Waals surface area contributed by atoms with E-state index in [9.17, 15) is 29.4 Å². The SMILES string of the molecule is C[C@@H](O)C(NC(=O)[C@H](Cc1c[nH]c2ccccc12)NC(=O)[C@@H]1C2CCCC2CN1C(=O)[C@@H](N)[C@@H](O)c1ccccc1)C(N)=O. The highest BCUT2D eigenvalue weighted by Crippen LogP contribution is 2.43. The number of likely N-dealkylation sites (tertiary alicyclic amines) is 1. The van der Waals surface area contributed by atoms with Crippen molar-refractivity contribution in [1.29, 1.82) is 0 Å². The topological polar surface area (TPSA) is 204 Å². The molecule has 0 bridgehead atoms. The Balaban J connectivity index is 1.41. The molecule has 1 aromatic heterocycles. The van der Waals surface area contributed by atoms with Gasteiger partial charge in [-0.3, -0.25) is 19.2 Å². The third-order valence-corrected chi connectivity index (χ3v) is 9.03. The van der Waals surface area contributed by atoms with Crippen molar-refractivity contribution in [3.05, 3.63) is 71.9 Å². The maximum atomic E-state index is 14.1. The normalized spacial score (nSPS) is 22.9. The average molecular weight is 605 g/mol. The zero-order valence-electron chi connectivity index (χ0n) is 24.6. The Kier molecular flexibility index (Phi) is 9.33. The van der Waals surface area contributed by atoms with E-state index in [1.807, 2.05) is 24.3 Å². The summed E-state index contributed by atoms with van der Waals surface area (Å²) in [5.74, 6) is -2.74. The number of amides is 4. The molecule has 1 aliphatic carbocycles. The zero-order valence-corrected chi connectivity index (χ0v) is 24.6. The first-order valence-corrected chi connectivity index (χ1v) is 15.0. The number of nitrogens with two attached hydrogens (primary N) is 2. The summed E-state index contributed by atoms with van der Waals surface area (Å²) < 4.78 is 0. The van der Waals surface area contributed by atoms with Gasteiger partial charge in [-0.15, -0.1) is 0 Å². The monoisotopic (exact) mass is 604 g/mol. The van der Waals surface area contributed by atoms with E-state index < -0.39 is 60.0 Å². The van der Waals surface area contributed by atoms with Gasteiger partial charge in [0, 0.05) is 30.1 Å². The van der Waals surface area contributed by atoms with Gasteiger partial charge in [-0.2, -0.15) is 0 Å². The van der Waals surface area contributed by atoms with Gasteiger partial charge in [0.25, 0.3) is 0 Å². The van der Waals surface area contributed by atoms with E-state index in [0.29, 0.717) is 12.1 Å². The molecule has 12 heteroatoms. The molecule has 2 heterocycles. The summed E-state index contributed by atoms with van der Waals surface area (Å²) in [4.78, 5) is 58.0. The van der Waals surface area contributed by atoms with Crippen LogP contribution in [0.4, 0.5) is 0 Å². The minimum atomic E-state index is -1.37. The number of hydrogen-bond donors (Lipinski definition) is 7. The van der Waals surface area contributed by atoms with Crippen molar-refractivity contribution in [3.63, 3.8) is 0 Å². The lowest BCUT2D eigenvalue weighted by molar-refractivity contribution is -0.143. The standard InChI is InChI=1S/C32H40N6O6/c1-17(39)26(29(34)41)37-30(42)24(14-20-15-35-23-13-6-5-11-21(20)23)36-31(43)27-22-12-7-10-19(22)16-38(27)32(44)25(33)28(40)18-8-3-2-4-9-18/h2-6,8-9,11,13,15,17,19,22,24-28,35,39-40H,7,10,12,14,16,33H2,1H3,(H2,34,41)(H,36,43)(H,37,42)/t17-,19?,22?,24+,25+,26?,27+,28+/m1/s1. The largest absolute Gasteiger partial charge is 0.391 e. The summed E-state index contributed by atoms with van der Waals surface area (Å²) in [6.45, 7) is 1.65. The van der Waals surface area contributed by atoms with E-state index in [4.69, 9.17) is 11.5 Å². The molecule has 234 valence electrons. The van der Waals surface area contributed by atoms with Crippen LogP contribution in [0.5, 0.6) is 0 Å². The zero-order chi connectivity index (χ0) is 31.5. The van der Waals surface area contributed by atoms with Gasteiger partial charge in [0.1, 0.15) is 30.3 Å². The van der Waals surface area contributed by atoms with Gasteiger partial charge in [-0.1, -0.05) is 55.0 Å². The van der Waals surface area contributed by atoms with Crippen molar-refractivity contribution in [2.24, 2.45) is 23.3 Å². The van der Waals surface area contributed by atoms with Gasteiger partial charge in [0.15, 0.2) is 0 Å². The Morgan fingerprint density at radius 1 is 1.02 bits per heavy atom. The number of rotatable bonds is 11. The van der Waals surface area contributed by atoms with Crippen molar-refractivity contribution in [2.75, 3.05) is 6.54 Å². The third kappa shape index (κ3) is 6.33. The first-order valence-electron chi connectivity index (χ1n) is 15.0. The minimum Gasteiger partial charge on any atom is -0.391 e. The number of H-pyrrole nitrogens is 1. The number of benzene rings is 2. The molecule has 1 aliphatic heterocycles. The van der Waals surface area contributed by atoms with Gasteiger partial charge in [0.05, 0.1) is 6.10 Å². The molecule has 4 amide bonds. The molecular weight excluding hydrogens is 564 g/mol. The molecule has 5 rings (SSSR count). The Hall–Kier alpha value is -4.26. The Morgan fingerprint density at radius 2 is 1.73 bits per heavy atom. The summed E-state index contributed by atoms with van der Waals surface area (Å²) in [5, 5.41) is 27.1. The summed E-state index contributed by atoms with van der Waals surface area (Å²) in [7, 11) is 0. The Labute approximate surface area is 255 Å². The van der Waals surface area contributed by atoms with E-state index in [2.05, 4.69) is 15.6 Å². The number of nitrogens with one attached hydrogen (secondary N) is 3. The first kappa shape index (κ1) is 31.2. The Morgan fingerprint density at radius 3 is 2.43 bits per heavy atom. The summed E-state index contributed by atoms with van der Waals surface area (Å²) in [5.41, 5.74) is 13.8. The minimum absolute atomic E-state index is 0.0634. The number of fused-ring (bicyclic) bond motifs is 2. The first-order chi connectivity index (χ1) is 21.1. The molecule has 1 saturated heterocycles. The maximum absolute atomic E-state index is 14.1. The van der Waals surface area contributed by atoms with Gasteiger partial charge in [-0.25, -0.2) is 0 Å². The van der Waals surface area contributed by atoms with E-state index >= 15 is 0 Å². The van der Waals surface area contributed by atoms with Crippen LogP contribution in [-0.4, -0.2) is 80.5 Å². The number of aliphatic hydroxyl groups excluding tert-OH is 2. The quantitative estimate of drug-likeness (QED) is 0.162. The molecule has 2 aliphatic rings. The highest BCUT2D eigenvalue weighted by Gasteiger charge is 2.51. The fraction of sp³-hybridized carbons (Fsp3) is 0.438. The van der Waals surface area contributed by atoms with Crippen molar-refractivity contribution < 1.29 is 29.4 Å². The second-order valence-corrected chi connectivity index (χ2v) is 11.9. The van der Waals surface area contributed by atoms with Crippen LogP contribution >= 0.6 is 0 Å². The van der Waals surface area contributed by atoms with Gasteiger partial charge in [0.2, 0.25) is 23.6 Å². The van der Waals surface area contributed by atoms with E-state index in [0.717, 1.165) is 35.7 Å². The highest BCUT2D eigenvalue weighted by atomic mass is 16.3. The summed E-state index contributed by atoms with van der Waals surface area (Å²) in [6.07, 6.45) is 1.78. The van der Waals surface area contributed by atoms with Crippen molar-refractivity contribution in [3.8, 4) is 0 Å². The number of aromatic nitrogens is 1. The van der Waals surface area contributed by atoms with Crippen molar-refractivity contribution in [2.45, 2.75) is 69.0 Å². The third-order valence-electron chi connectivity index (χ3n) is 9.03. The van der Waals surface area contributed by atoms with Crippen molar-refractivity contribution in [1.82, 2.24) is 20.5 Å². The predicted octanol–water partition coefficient (Wildman–Crippen LogP) is 0.234. The number of carbonyl (C=O) groups is 4. The van der Waals surface area contributed by atoms with Gasteiger partial charge in [-0.05, 0) is 48.8 Å². The van der Waals surface area contributed by atoms with Gasteiger partial charge < -0.3 is 42.2 Å². The second kappa shape index (κ2) is 13.2. The second-order valence-electron chi connectivity index (χ2n) is 11.9. The van der Waals surface area contributed by atoms with E-state index in [1.165, 1.54) is 11.8 Å². The summed E-state index contributed by atoms with van der Waals surface area (Å²) in [6, 6.07) is 11.4. The van der Waals surface area contributed by atoms with Crippen molar-refractivity contribution >= 4 is 34.5 Å². The number of hydrogen-bond acceptors (Lipinski definition) is 7. The van der Waals surface area contributed by atoms with Crippen LogP contribution in [0.25, 0.3) is 10.9 Å². The molecule has 0 spiro atoms. The fourth-order valence-corrected chi connectivity index (χ4v) is 6.72. The van der Waals surface area contributed by atoms with Crippen LogP contribution in [-0.2, 0) is 25.6 Å². The molecular formula is C32H40N6O6. The lowest BCUT2D eigenvalue weighted by Gasteiger charge is -2.32. The molecule has 9 N–H and O–H groups in total. The molecule has 12 nitrogen and oxygen atoms in total. The van der Waals surface area contributed by atoms with Crippen LogP contribution < -0.4 is 22.1 Å². The molecule has 44 heavy (non-hydrogen) atoms. The molecule has 3 unspecified atom stereocenters. The van der Waals surface area contributed by atoms with Crippen LogP contribution in [0.2, 0.25) is 0 Å². The molecule has 2 aromatic carbocycles. The van der Waals surface area contributed by atoms with E-state index in [-0.39, 0.29) is 18.3 Å². The van der Waals surface area contributed by atoms with Gasteiger partial charge >= 0.3 is 0 Å². The fourth-order valence-electron chi connectivity index (χ4n) is 6.72. The maximum Gasteiger partial charge on any atom is 0.243 e. The number of primary amides is 1. The lowest BCUT2D eigenvalue weighted by Crippen LogP contribution is -2.60. The average Bonchev–Trinajstić information content (AvgIpc) is 3.73. The number of para-hydroxylation sites is 1. The number of nitrogens with zero attached hydrogens (tertiary/aromatic N) is 1.